The van der Waals surface area contributed by atoms with Crippen LogP contribution in [0.5, 0.6) is 0 Å². The smallest absolute Gasteiger partial charge is 0.00803 e. The van der Waals surface area contributed by atoms with Gasteiger partial charge in [0.15, 0.2) is 0 Å². The molecule has 9 atom stereocenters. The molecular weight excluding hydrogens is 356 g/mol. The molecule has 0 aliphatic heterocycles. The molecule has 6 unspecified atom stereocenters. The molecule has 4 rings (SSSR count). The Morgan fingerprint density at radius 3 is 2.04 bits per heavy atom. The lowest BCUT2D eigenvalue weighted by atomic mass is 9.67. The summed E-state index contributed by atoms with van der Waals surface area (Å²) in [7, 11) is -0.547. The van der Waals surface area contributed by atoms with Gasteiger partial charge >= 0.3 is 0 Å². The first kappa shape index (κ1) is 21.6. The minimum atomic E-state index is -0.547. The first-order valence-corrected chi connectivity index (χ1v) is 15.6. The van der Waals surface area contributed by atoms with E-state index in [1.807, 2.05) is 0 Å². The normalized spacial score (nSPS) is 45.7. The van der Waals surface area contributed by atoms with Crippen molar-refractivity contribution in [2.75, 3.05) is 12.5 Å². The Balaban J connectivity index is 1.54. The van der Waals surface area contributed by atoms with Crippen LogP contribution in [0, 0.1) is 47.3 Å². The van der Waals surface area contributed by atoms with Crippen LogP contribution in [0.2, 0.25) is 0 Å². The van der Waals surface area contributed by atoms with Crippen molar-refractivity contribution in [2.24, 2.45) is 47.3 Å². The van der Waals surface area contributed by atoms with Crippen LogP contribution in [-0.4, -0.2) is 23.0 Å². The van der Waals surface area contributed by atoms with E-state index in [1.165, 1.54) is 25.7 Å². The molecular formula is C27H50S. The van der Waals surface area contributed by atoms with Gasteiger partial charge in [-0.1, -0.05) is 66.2 Å². The summed E-state index contributed by atoms with van der Waals surface area (Å²) < 4.78 is 0. The largest absolute Gasteiger partial charge is 0.241 e. The monoisotopic (exact) mass is 406 g/mol. The third kappa shape index (κ3) is 3.73. The average molecular weight is 407 g/mol. The summed E-state index contributed by atoms with van der Waals surface area (Å²) in [6, 6.07) is 0. The van der Waals surface area contributed by atoms with E-state index in [0.717, 1.165) is 57.8 Å². The summed E-state index contributed by atoms with van der Waals surface area (Å²) in [6.07, 6.45) is 22.6. The summed E-state index contributed by atoms with van der Waals surface area (Å²) in [6.45, 7) is 10.3. The Morgan fingerprint density at radius 2 is 1.39 bits per heavy atom. The number of rotatable bonds is 5. The van der Waals surface area contributed by atoms with E-state index in [-0.39, 0.29) is 0 Å². The zero-order valence-corrected chi connectivity index (χ0v) is 20.8. The van der Waals surface area contributed by atoms with Gasteiger partial charge in [0.1, 0.15) is 0 Å². The number of hydrogen-bond donors (Lipinski definition) is 0. The molecule has 0 aromatic carbocycles. The minimum Gasteiger partial charge on any atom is -0.241 e. The molecule has 0 saturated heterocycles. The summed E-state index contributed by atoms with van der Waals surface area (Å²) in [5, 5.41) is 2.05. The van der Waals surface area contributed by atoms with Crippen LogP contribution in [0.15, 0.2) is 0 Å². The van der Waals surface area contributed by atoms with Gasteiger partial charge < -0.3 is 0 Å². The quantitative estimate of drug-likeness (QED) is 0.432. The molecule has 28 heavy (non-hydrogen) atoms. The van der Waals surface area contributed by atoms with E-state index in [0.29, 0.717) is 0 Å². The maximum Gasteiger partial charge on any atom is -0.00803 e. The van der Waals surface area contributed by atoms with Crippen molar-refractivity contribution < 1.29 is 0 Å². The lowest BCUT2D eigenvalue weighted by molar-refractivity contribution is 0.128. The van der Waals surface area contributed by atoms with Crippen molar-refractivity contribution in [2.45, 2.75) is 109 Å². The summed E-state index contributed by atoms with van der Waals surface area (Å²) >= 11 is 0. The molecule has 0 aromatic rings. The molecule has 4 saturated carbocycles. The Bertz CT molecular complexity index is 522. The standard InChI is InChI=1S/C27H50S/c1-7-20-15-21-11-10-12-22(21)16-26(20)19(4)28(5,6)27-17-25(18(2)3)23-13-8-9-14-24(23)27/h18-27H,7-17H2,1-6H3/t19-,20?,21?,22?,23?,24?,25+,26?,27+/m0/s1. The van der Waals surface area contributed by atoms with Crippen LogP contribution >= 0.6 is 10.0 Å². The number of fused-ring (bicyclic) bond motifs is 2. The van der Waals surface area contributed by atoms with E-state index in [9.17, 15) is 0 Å². The molecule has 0 aromatic heterocycles. The van der Waals surface area contributed by atoms with Gasteiger partial charge in [0, 0.05) is 0 Å². The van der Waals surface area contributed by atoms with Crippen LogP contribution in [0.3, 0.4) is 0 Å². The predicted molar refractivity (Wildman–Crippen MR) is 128 cm³/mol. The molecule has 0 spiro atoms. The van der Waals surface area contributed by atoms with Gasteiger partial charge in [-0.3, -0.25) is 0 Å². The molecule has 1 heteroatoms. The minimum absolute atomic E-state index is 0.547. The van der Waals surface area contributed by atoms with E-state index < -0.39 is 10.0 Å². The maximum atomic E-state index is 2.80. The second-order valence-electron chi connectivity index (χ2n) is 12.2. The van der Waals surface area contributed by atoms with Gasteiger partial charge in [0.05, 0.1) is 0 Å². The van der Waals surface area contributed by atoms with Crippen LogP contribution in [-0.2, 0) is 0 Å². The van der Waals surface area contributed by atoms with Gasteiger partial charge in [-0.2, -0.15) is 0 Å². The average Bonchev–Trinajstić information content (AvgIpc) is 3.30. The van der Waals surface area contributed by atoms with Gasteiger partial charge in [-0.25, -0.2) is 10.0 Å². The van der Waals surface area contributed by atoms with E-state index in [2.05, 4.69) is 40.2 Å². The molecule has 0 nitrogen and oxygen atoms in total. The lowest BCUT2D eigenvalue weighted by Gasteiger charge is -2.53. The lowest BCUT2D eigenvalue weighted by Crippen LogP contribution is -2.41. The molecule has 4 aliphatic rings. The summed E-state index contributed by atoms with van der Waals surface area (Å²) in [5.41, 5.74) is 0. The van der Waals surface area contributed by atoms with Crippen molar-refractivity contribution in [3.8, 4) is 0 Å². The second-order valence-corrected chi connectivity index (χ2v) is 16.6. The molecule has 4 aliphatic carbocycles. The summed E-state index contributed by atoms with van der Waals surface area (Å²) in [4.78, 5) is 0. The van der Waals surface area contributed by atoms with E-state index >= 15 is 0 Å². The van der Waals surface area contributed by atoms with Crippen molar-refractivity contribution in [3.63, 3.8) is 0 Å². The highest BCUT2D eigenvalue weighted by atomic mass is 32.3. The fourth-order valence-electron chi connectivity index (χ4n) is 8.87. The fourth-order valence-corrected chi connectivity index (χ4v) is 12.6. The van der Waals surface area contributed by atoms with Gasteiger partial charge in [0.25, 0.3) is 0 Å². The first-order valence-electron chi connectivity index (χ1n) is 13.1. The van der Waals surface area contributed by atoms with Crippen molar-refractivity contribution in [1.82, 2.24) is 0 Å². The second kappa shape index (κ2) is 8.47. The first-order chi connectivity index (χ1) is 13.3. The zero-order chi connectivity index (χ0) is 20.1. The Hall–Kier alpha value is 0.350. The highest BCUT2D eigenvalue weighted by Crippen LogP contribution is 2.66. The van der Waals surface area contributed by atoms with E-state index in [4.69, 9.17) is 0 Å². The van der Waals surface area contributed by atoms with Crippen molar-refractivity contribution in [3.05, 3.63) is 0 Å². The van der Waals surface area contributed by atoms with Crippen molar-refractivity contribution in [1.29, 1.82) is 0 Å². The maximum absolute atomic E-state index is 2.80. The Labute approximate surface area is 178 Å². The molecule has 164 valence electrons. The predicted octanol–water partition coefficient (Wildman–Crippen LogP) is 8.14. The fraction of sp³-hybridized carbons (Fsp3) is 1.00. The Kier molecular flexibility index (Phi) is 6.53. The molecule has 0 N–H and O–H groups in total. The zero-order valence-electron chi connectivity index (χ0n) is 20.0. The van der Waals surface area contributed by atoms with Gasteiger partial charge in [-0.15, -0.1) is 0 Å². The van der Waals surface area contributed by atoms with Crippen LogP contribution < -0.4 is 0 Å². The molecule has 4 fully saturated rings. The van der Waals surface area contributed by atoms with Gasteiger partial charge in [-0.05, 0) is 102 Å². The highest BCUT2D eigenvalue weighted by molar-refractivity contribution is 8.33. The number of hydrogen-bond acceptors (Lipinski definition) is 0. The SMILES string of the molecule is CCC1CC2CCCC2CC1[C@H](C)S(C)(C)[C@@H]1C[C@H](C(C)C)C2CCCCC21. The topological polar surface area (TPSA) is 0 Å². The van der Waals surface area contributed by atoms with Crippen LogP contribution in [0.4, 0.5) is 0 Å². The highest BCUT2D eigenvalue weighted by Gasteiger charge is 2.52. The Morgan fingerprint density at radius 1 is 0.750 bits per heavy atom. The van der Waals surface area contributed by atoms with E-state index in [1.54, 1.807) is 44.9 Å². The molecule has 0 heterocycles. The third-order valence-corrected chi connectivity index (χ3v) is 15.1. The van der Waals surface area contributed by atoms with Gasteiger partial charge in [0.2, 0.25) is 0 Å². The van der Waals surface area contributed by atoms with Crippen LogP contribution in [0.1, 0.15) is 98.3 Å². The third-order valence-electron chi connectivity index (χ3n) is 10.7. The molecule has 0 amide bonds. The summed E-state index contributed by atoms with van der Waals surface area (Å²) in [5.74, 6) is 8.35. The molecule has 0 bridgehead atoms. The van der Waals surface area contributed by atoms with Crippen LogP contribution in [0.25, 0.3) is 0 Å². The van der Waals surface area contributed by atoms with Crippen molar-refractivity contribution >= 4 is 10.0 Å². The molecule has 0 radical (unpaired) electrons.